The Hall–Kier alpha value is -2.57. The van der Waals surface area contributed by atoms with Gasteiger partial charge in [-0.3, -0.25) is 4.79 Å². The molecule has 0 spiro atoms. The summed E-state index contributed by atoms with van der Waals surface area (Å²) in [4.78, 5) is 14.5. The highest BCUT2D eigenvalue weighted by Crippen LogP contribution is 2.47. The molecule has 0 aromatic heterocycles. The first-order chi connectivity index (χ1) is 14.5. The maximum absolute atomic E-state index is 12.5. The number of benzene rings is 2. The van der Waals surface area contributed by atoms with Crippen molar-refractivity contribution >= 4 is 11.6 Å². The number of aliphatic hydroxyl groups excluding tert-OH is 1. The molecule has 6 heteroatoms. The molecule has 2 heterocycles. The number of aliphatic hydroxyl groups is 1. The van der Waals surface area contributed by atoms with Crippen LogP contribution < -0.4 is 15.0 Å². The van der Waals surface area contributed by atoms with E-state index in [1.54, 1.807) is 0 Å². The van der Waals surface area contributed by atoms with Gasteiger partial charge in [0.15, 0.2) is 0 Å². The summed E-state index contributed by atoms with van der Waals surface area (Å²) >= 11 is 0. The van der Waals surface area contributed by atoms with E-state index < -0.39 is 6.10 Å². The standard InChI is InChI=1S/C24H30N2O4/c1-26(2)17-8-9-21-19(12-17)20-13-18(29-22(15-27)24(20)30-21)14-23(28)25-11-10-16-6-4-3-5-7-16/h3-9,12,18,20,22,24,27H,10-11,13-15H2,1-2H3,(H,25,28)/t18-,20-,22-,24+/m0/s1. The van der Waals surface area contributed by atoms with Crippen LogP contribution >= 0.6 is 0 Å². The fourth-order valence-electron chi connectivity index (χ4n) is 4.42. The quantitative estimate of drug-likeness (QED) is 0.734. The highest BCUT2D eigenvalue weighted by molar-refractivity contribution is 5.76. The summed E-state index contributed by atoms with van der Waals surface area (Å²) in [5.41, 5.74) is 3.45. The number of ether oxygens (including phenoxy) is 2. The first-order valence-electron chi connectivity index (χ1n) is 10.6. The minimum absolute atomic E-state index is 0.0211. The second kappa shape index (κ2) is 9.06. The van der Waals surface area contributed by atoms with E-state index >= 15 is 0 Å². The largest absolute Gasteiger partial charge is 0.487 e. The van der Waals surface area contributed by atoms with Gasteiger partial charge in [-0.2, -0.15) is 0 Å². The molecule has 6 nitrogen and oxygen atoms in total. The normalized spacial score (nSPS) is 24.5. The minimum Gasteiger partial charge on any atom is -0.487 e. The summed E-state index contributed by atoms with van der Waals surface area (Å²) in [7, 11) is 4.02. The minimum atomic E-state index is -0.430. The summed E-state index contributed by atoms with van der Waals surface area (Å²) < 4.78 is 12.2. The van der Waals surface area contributed by atoms with Gasteiger partial charge in [-0.1, -0.05) is 30.3 Å². The van der Waals surface area contributed by atoms with Crippen LogP contribution in [0.15, 0.2) is 48.5 Å². The molecule has 1 saturated heterocycles. The molecule has 0 saturated carbocycles. The average Bonchev–Trinajstić information content (AvgIpc) is 3.11. The van der Waals surface area contributed by atoms with E-state index in [9.17, 15) is 9.90 Å². The number of hydrogen-bond acceptors (Lipinski definition) is 5. The van der Waals surface area contributed by atoms with Crippen molar-refractivity contribution < 1.29 is 19.4 Å². The van der Waals surface area contributed by atoms with Gasteiger partial charge in [-0.25, -0.2) is 0 Å². The first kappa shape index (κ1) is 20.7. The molecule has 0 radical (unpaired) electrons. The van der Waals surface area contributed by atoms with Crippen molar-refractivity contribution in [1.82, 2.24) is 5.32 Å². The third kappa shape index (κ3) is 4.45. The van der Waals surface area contributed by atoms with E-state index in [4.69, 9.17) is 9.47 Å². The summed E-state index contributed by atoms with van der Waals surface area (Å²) in [6.07, 6.45) is 0.920. The zero-order chi connectivity index (χ0) is 21.1. The first-order valence-corrected chi connectivity index (χ1v) is 10.6. The molecule has 0 bridgehead atoms. The van der Waals surface area contributed by atoms with Crippen molar-refractivity contribution in [3.63, 3.8) is 0 Å². The lowest BCUT2D eigenvalue weighted by Crippen LogP contribution is -2.47. The summed E-state index contributed by atoms with van der Waals surface area (Å²) in [6.45, 7) is 0.477. The van der Waals surface area contributed by atoms with Gasteiger partial charge in [0.1, 0.15) is 18.0 Å². The number of hydrogen-bond donors (Lipinski definition) is 2. The predicted molar refractivity (Wildman–Crippen MR) is 116 cm³/mol. The number of anilines is 1. The van der Waals surface area contributed by atoms with Gasteiger partial charge in [-0.05, 0) is 36.6 Å². The molecule has 2 aliphatic rings. The highest BCUT2D eigenvalue weighted by Gasteiger charge is 2.46. The summed E-state index contributed by atoms with van der Waals surface area (Å²) in [6, 6.07) is 16.3. The fraction of sp³-hybridized carbons (Fsp3) is 0.458. The summed E-state index contributed by atoms with van der Waals surface area (Å²) in [5, 5.41) is 12.9. The Kier molecular flexibility index (Phi) is 6.25. The molecule has 30 heavy (non-hydrogen) atoms. The summed E-state index contributed by atoms with van der Waals surface area (Å²) in [5.74, 6) is 0.950. The maximum atomic E-state index is 12.5. The topological polar surface area (TPSA) is 71.0 Å². The van der Waals surface area contributed by atoms with Crippen LogP contribution in [0.5, 0.6) is 5.75 Å². The van der Waals surface area contributed by atoms with Gasteiger partial charge < -0.3 is 24.8 Å². The van der Waals surface area contributed by atoms with Crippen LogP contribution in [0.2, 0.25) is 0 Å². The van der Waals surface area contributed by atoms with Crippen molar-refractivity contribution in [3.8, 4) is 5.75 Å². The molecule has 4 rings (SSSR count). The third-order valence-electron chi connectivity index (χ3n) is 5.99. The van der Waals surface area contributed by atoms with Crippen LogP contribution in [-0.4, -0.2) is 56.6 Å². The van der Waals surface area contributed by atoms with E-state index in [0.29, 0.717) is 13.0 Å². The number of rotatable bonds is 7. The predicted octanol–water partition coefficient (Wildman–Crippen LogP) is 2.50. The van der Waals surface area contributed by atoms with E-state index in [1.807, 2.05) is 44.4 Å². The molecule has 2 aromatic rings. The van der Waals surface area contributed by atoms with Crippen LogP contribution in [-0.2, 0) is 16.0 Å². The molecule has 4 atom stereocenters. The zero-order valence-electron chi connectivity index (χ0n) is 17.6. The molecule has 2 aliphatic heterocycles. The number of carbonyl (C=O) groups is 1. The van der Waals surface area contributed by atoms with E-state index in [1.165, 1.54) is 5.56 Å². The fourth-order valence-corrected chi connectivity index (χ4v) is 4.42. The van der Waals surface area contributed by atoms with Crippen LogP contribution in [0, 0.1) is 0 Å². The monoisotopic (exact) mass is 410 g/mol. The molecule has 2 aromatic carbocycles. The Labute approximate surface area is 177 Å². The molecular weight excluding hydrogens is 380 g/mol. The molecule has 1 amide bonds. The van der Waals surface area contributed by atoms with Crippen molar-refractivity contribution in [2.24, 2.45) is 0 Å². The second-order valence-electron chi connectivity index (χ2n) is 8.31. The van der Waals surface area contributed by atoms with Crippen LogP contribution in [0.1, 0.15) is 29.9 Å². The van der Waals surface area contributed by atoms with Crippen LogP contribution in [0.3, 0.4) is 0 Å². The van der Waals surface area contributed by atoms with Gasteiger partial charge in [0, 0.05) is 37.8 Å². The Balaban J connectivity index is 1.38. The van der Waals surface area contributed by atoms with Crippen LogP contribution in [0.4, 0.5) is 5.69 Å². The molecule has 2 N–H and O–H groups in total. The third-order valence-corrected chi connectivity index (χ3v) is 5.99. The Morgan fingerprint density at radius 2 is 2.00 bits per heavy atom. The number of carbonyl (C=O) groups excluding carboxylic acids is 1. The van der Waals surface area contributed by atoms with E-state index in [0.717, 1.165) is 23.4 Å². The van der Waals surface area contributed by atoms with Crippen molar-refractivity contribution in [2.45, 2.75) is 43.5 Å². The number of nitrogens with zero attached hydrogens (tertiary/aromatic N) is 1. The molecule has 0 unspecified atom stereocenters. The average molecular weight is 411 g/mol. The van der Waals surface area contributed by atoms with E-state index in [-0.39, 0.29) is 37.1 Å². The highest BCUT2D eigenvalue weighted by atomic mass is 16.6. The number of nitrogens with one attached hydrogen (secondary N) is 1. The van der Waals surface area contributed by atoms with Gasteiger partial charge >= 0.3 is 0 Å². The number of amides is 1. The second-order valence-corrected chi connectivity index (χ2v) is 8.31. The number of fused-ring (bicyclic) bond motifs is 3. The molecular formula is C24H30N2O4. The molecule has 160 valence electrons. The van der Waals surface area contributed by atoms with E-state index in [2.05, 4.69) is 28.4 Å². The van der Waals surface area contributed by atoms with Gasteiger partial charge in [0.25, 0.3) is 0 Å². The van der Waals surface area contributed by atoms with Gasteiger partial charge in [-0.15, -0.1) is 0 Å². The molecule has 0 aliphatic carbocycles. The maximum Gasteiger partial charge on any atom is 0.222 e. The Morgan fingerprint density at radius 1 is 1.20 bits per heavy atom. The van der Waals surface area contributed by atoms with Crippen molar-refractivity contribution in [2.75, 3.05) is 32.1 Å². The van der Waals surface area contributed by atoms with Gasteiger partial charge in [0.05, 0.1) is 19.1 Å². The lowest BCUT2D eigenvalue weighted by molar-refractivity contribution is -0.142. The van der Waals surface area contributed by atoms with Crippen molar-refractivity contribution in [3.05, 3.63) is 59.7 Å². The lowest BCUT2D eigenvalue weighted by atomic mass is 9.84. The SMILES string of the molecule is CN(C)c1ccc2c(c1)[C@@H]1C[C@@H](CC(=O)NCCc3ccccc3)O[C@@H](CO)[C@@H]1O2. The van der Waals surface area contributed by atoms with Gasteiger partial charge in [0.2, 0.25) is 5.91 Å². The molecule has 1 fully saturated rings. The van der Waals surface area contributed by atoms with Crippen molar-refractivity contribution in [1.29, 1.82) is 0 Å². The Morgan fingerprint density at radius 3 is 2.73 bits per heavy atom. The smallest absolute Gasteiger partial charge is 0.222 e. The Bertz CT molecular complexity index is 871. The lowest BCUT2D eigenvalue weighted by Gasteiger charge is -2.37. The van der Waals surface area contributed by atoms with Crippen LogP contribution in [0.25, 0.3) is 0 Å². The zero-order valence-corrected chi connectivity index (χ0v) is 17.6.